The van der Waals surface area contributed by atoms with Gasteiger partial charge in [0.05, 0.1) is 13.2 Å². The molecule has 1 heterocycles. The fourth-order valence-electron chi connectivity index (χ4n) is 2.26. The first-order valence-electron chi connectivity index (χ1n) is 6.86. The summed E-state index contributed by atoms with van der Waals surface area (Å²) in [4.78, 5) is 0. The Morgan fingerprint density at radius 3 is 3.00 bits per heavy atom. The van der Waals surface area contributed by atoms with Crippen LogP contribution in [0.25, 0.3) is 0 Å². The molecule has 0 aliphatic carbocycles. The summed E-state index contributed by atoms with van der Waals surface area (Å²) < 4.78 is 11.4. The Hall–Kier alpha value is -1.22. The van der Waals surface area contributed by atoms with Crippen molar-refractivity contribution in [3.63, 3.8) is 0 Å². The van der Waals surface area contributed by atoms with Gasteiger partial charge in [0.25, 0.3) is 0 Å². The molecule has 0 aromatic heterocycles. The Bertz CT molecular complexity index is 390. The summed E-state index contributed by atoms with van der Waals surface area (Å²) in [5.41, 5.74) is 1.23. The molecule has 1 aliphatic rings. The van der Waals surface area contributed by atoms with Gasteiger partial charge in [0.15, 0.2) is 0 Å². The van der Waals surface area contributed by atoms with Crippen molar-refractivity contribution in [1.29, 1.82) is 0 Å². The van der Waals surface area contributed by atoms with Crippen molar-refractivity contribution in [2.24, 2.45) is 0 Å². The molecule has 0 bridgehead atoms. The topological polar surface area (TPSA) is 30.5 Å². The molecule has 1 N–H and O–H groups in total. The first kappa shape index (κ1) is 13.2. The van der Waals surface area contributed by atoms with Crippen LogP contribution in [-0.4, -0.2) is 19.3 Å². The minimum absolute atomic E-state index is 0.374. The van der Waals surface area contributed by atoms with Crippen LogP contribution in [0.3, 0.4) is 0 Å². The average molecular weight is 249 g/mol. The van der Waals surface area contributed by atoms with E-state index in [2.05, 4.69) is 32.2 Å². The van der Waals surface area contributed by atoms with Crippen molar-refractivity contribution < 1.29 is 9.47 Å². The van der Waals surface area contributed by atoms with Crippen LogP contribution in [-0.2, 0) is 0 Å². The van der Waals surface area contributed by atoms with Gasteiger partial charge in [-0.1, -0.05) is 20.8 Å². The quantitative estimate of drug-likeness (QED) is 0.868. The summed E-state index contributed by atoms with van der Waals surface area (Å²) in [5, 5.41) is 3.59. The Morgan fingerprint density at radius 2 is 2.28 bits per heavy atom. The Kier molecular flexibility index (Phi) is 4.48. The van der Waals surface area contributed by atoms with Crippen molar-refractivity contribution in [2.75, 3.05) is 13.2 Å². The van der Waals surface area contributed by atoms with Gasteiger partial charge < -0.3 is 14.8 Å². The molecule has 0 saturated heterocycles. The molecule has 1 aliphatic heterocycles. The van der Waals surface area contributed by atoms with Crippen molar-refractivity contribution in [2.45, 2.75) is 45.7 Å². The van der Waals surface area contributed by atoms with Gasteiger partial charge in [-0.25, -0.2) is 0 Å². The molecule has 100 valence electrons. The van der Waals surface area contributed by atoms with E-state index in [0.29, 0.717) is 12.1 Å². The lowest BCUT2D eigenvalue weighted by atomic mass is 9.99. The summed E-state index contributed by atoms with van der Waals surface area (Å²) in [6, 6.07) is 6.98. The standard InChI is InChI=1S/C15H23NO2/c1-4-8-17-12-5-6-15-13(10-12)14(7-9-18-15)16-11(2)3/h5-6,10-11,14,16H,4,7-9H2,1-3H3. The second-order valence-electron chi connectivity index (χ2n) is 5.06. The smallest absolute Gasteiger partial charge is 0.124 e. The van der Waals surface area contributed by atoms with Gasteiger partial charge in [0.1, 0.15) is 11.5 Å². The van der Waals surface area contributed by atoms with Crippen LogP contribution in [0.1, 0.15) is 45.2 Å². The molecule has 0 fully saturated rings. The molecule has 0 radical (unpaired) electrons. The van der Waals surface area contributed by atoms with E-state index in [1.54, 1.807) is 0 Å². The Balaban J connectivity index is 2.18. The average Bonchev–Trinajstić information content (AvgIpc) is 2.36. The van der Waals surface area contributed by atoms with Gasteiger partial charge in [-0.3, -0.25) is 0 Å². The number of ether oxygens (including phenoxy) is 2. The lowest BCUT2D eigenvalue weighted by molar-refractivity contribution is 0.245. The zero-order valence-electron chi connectivity index (χ0n) is 11.5. The molecule has 1 aromatic carbocycles. The van der Waals surface area contributed by atoms with E-state index in [-0.39, 0.29) is 0 Å². The molecular weight excluding hydrogens is 226 g/mol. The Morgan fingerprint density at radius 1 is 1.44 bits per heavy atom. The number of hydrogen-bond acceptors (Lipinski definition) is 3. The third-order valence-electron chi connectivity index (χ3n) is 3.03. The highest BCUT2D eigenvalue weighted by Crippen LogP contribution is 2.35. The molecule has 3 nitrogen and oxygen atoms in total. The summed E-state index contributed by atoms with van der Waals surface area (Å²) >= 11 is 0. The largest absolute Gasteiger partial charge is 0.494 e. The molecule has 1 aromatic rings. The van der Waals surface area contributed by atoms with E-state index >= 15 is 0 Å². The minimum Gasteiger partial charge on any atom is -0.494 e. The first-order valence-corrected chi connectivity index (χ1v) is 6.86. The molecule has 2 rings (SSSR count). The lowest BCUT2D eigenvalue weighted by Gasteiger charge is -2.28. The van der Waals surface area contributed by atoms with Gasteiger partial charge in [0.2, 0.25) is 0 Å². The van der Waals surface area contributed by atoms with Crippen molar-refractivity contribution in [3.8, 4) is 11.5 Å². The monoisotopic (exact) mass is 249 g/mol. The highest BCUT2D eigenvalue weighted by molar-refractivity contribution is 5.43. The maximum atomic E-state index is 5.70. The molecule has 0 saturated carbocycles. The Labute approximate surface area is 109 Å². The molecule has 0 spiro atoms. The maximum absolute atomic E-state index is 5.70. The number of nitrogens with one attached hydrogen (secondary N) is 1. The SMILES string of the molecule is CCCOc1ccc2c(c1)C(NC(C)C)CCO2. The lowest BCUT2D eigenvalue weighted by Crippen LogP contribution is -2.31. The van der Waals surface area contributed by atoms with E-state index in [1.165, 1.54) is 5.56 Å². The maximum Gasteiger partial charge on any atom is 0.124 e. The van der Waals surface area contributed by atoms with E-state index in [4.69, 9.17) is 9.47 Å². The first-order chi connectivity index (χ1) is 8.70. The van der Waals surface area contributed by atoms with Crippen LogP contribution < -0.4 is 14.8 Å². The van der Waals surface area contributed by atoms with Crippen LogP contribution in [0.5, 0.6) is 11.5 Å². The molecule has 1 atom stereocenters. The predicted molar refractivity (Wildman–Crippen MR) is 73.4 cm³/mol. The van der Waals surface area contributed by atoms with Crippen LogP contribution >= 0.6 is 0 Å². The predicted octanol–water partition coefficient (Wildman–Crippen LogP) is 3.30. The second-order valence-corrected chi connectivity index (χ2v) is 5.06. The molecule has 0 amide bonds. The third-order valence-corrected chi connectivity index (χ3v) is 3.03. The van der Waals surface area contributed by atoms with Gasteiger partial charge in [-0.2, -0.15) is 0 Å². The number of hydrogen-bond donors (Lipinski definition) is 1. The van der Waals surface area contributed by atoms with Crippen LogP contribution in [0.2, 0.25) is 0 Å². The van der Waals surface area contributed by atoms with E-state index in [1.807, 2.05) is 12.1 Å². The number of benzene rings is 1. The van der Waals surface area contributed by atoms with Gasteiger partial charge in [0, 0.05) is 24.1 Å². The summed E-state index contributed by atoms with van der Waals surface area (Å²) in [6.07, 6.45) is 2.05. The van der Waals surface area contributed by atoms with Gasteiger partial charge in [-0.15, -0.1) is 0 Å². The van der Waals surface area contributed by atoms with Crippen molar-refractivity contribution in [1.82, 2.24) is 5.32 Å². The number of rotatable bonds is 5. The number of fused-ring (bicyclic) bond motifs is 1. The van der Waals surface area contributed by atoms with Crippen LogP contribution in [0.4, 0.5) is 0 Å². The summed E-state index contributed by atoms with van der Waals surface area (Å²) in [5.74, 6) is 1.93. The third kappa shape index (κ3) is 3.16. The van der Waals surface area contributed by atoms with Gasteiger partial charge >= 0.3 is 0 Å². The van der Waals surface area contributed by atoms with E-state index in [0.717, 1.165) is 37.6 Å². The zero-order chi connectivity index (χ0) is 13.0. The molecule has 1 unspecified atom stereocenters. The fraction of sp³-hybridized carbons (Fsp3) is 0.600. The fourth-order valence-corrected chi connectivity index (χ4v) is 2.26. The molecule has 3 heteroatoms. The second kappa shape index (κ2) is 6.10. The molecular formula is C15H23NO2. The summed E-state index contributed by atoms with van der Waals surface area (Å²) in [7, 11) is 0. The molecule has 18 heavy (non-hydrogen) atoms. The summed E-state index contributed by atoms with van der Waals surface area (Å²) in [6.45, 7) is 8.01. The zero-order valence-corrected chi connectivity index (χ0v) is 11.5. The van der Waals surface area contributed by atoms with Gasteiger partial charge in [-0.05, 0) is 24.6 Å². The van der Waals surface area contributed by atoms with Crippen LogP contribution in [0.15, 0.2) is 18.2 Å². The minimum atomic E-state index is 0.374. The van der Waals surface area contributed by atoms with E-state index in [9.17, 15) is 0 Å². The highest BCUT2D eigenvalue weighted by atomic mass is 16.5. The van der Waals surface area contributed by atoms with Crippen molar-refractivity contribution in [3.05, 3.63) is 23.8 Å². The van der Waals surface area contributed by atoms with Crippen LogP contribution in [0, 0.1) is 0 Å². The van der Waals surface area contributed by atoms with E-state index < -0.39 is 0 Å². The van der Waals surface area contributed by atoms with Crippen molar-refractivity contribution >= 4 is 0 Å². The normalized spacial score (nSPS) is 18.3. The highest BCUT2D eigenvalue weighted by Gasteiger charge is 2.22.